The highest BCUT2D eigenvalue weighted by Gasteiger charge is 2.31. The van der Waals surface area contributed by atoms with Crippen molar-refractivity contribution in [2.75, 3.05) is 0 Å². The zero-order chi connectivity index (χ0) is 47.0. The molecule has 15 aromatic rings. The quantitative estimate of drug-likeness (QED) is 0.162. The third kappa shape index (κ3) is 5.98. The molecule has 1 atom stereocenters. The van der Waals surface area contributed by atoms with E-state index in [1.807, 2.05) is 22.7 Å². The van der Waals surface area contributed by atoms with Gasteiger partial charge in [0.1, 0.15) is 0 Å². The fourth-order valence-electron chi connectivity index (χ4n) is 12.0. The van der Waals surface area contributed by atoms with E-state index < -0.39 is 0 Å². The third-order valence-electron chi connectivity index (χ3n) is 15.2. The van der Waals surface area contributed by atoms with Crippen LogP contribution < -0.4 is 0 Å². The van der Waals surface area contributed by atoms with E-state index in [0.717, 1.165) is 6.42 Å². The first-order valence-electron chi connectivity index (χ1n) is 24.7. The van der Waals surface area contributed by atoms with Crippen molar-refractivity contribution in [2.24, 2.45) is 0 Å². The molecule has 5 aromatic heterocycles. The van der Waals surface area contributed by atoms with E-state index >= 15 is 0 Å². The Morgan fingerprint density at radius 2 is 0.653 bits per heavy atom. The summed E-state index contributed by atoms with van der Waals surface area (Å²) in [7, 11) is 0. The molecule has 0 radical (unpaired) electrons. The molecule has 3 nitrogen and oxygen atoms in total. The molecular weight excluding hydrogens is 931 g/mol. The highest BCUT2D eigenvalue weighted by atomic mass is 32.2. The van der Waals surface area contributed by atoms with Crippen LogP contribution in [-0.2, 0) is 6.42 Å². The van der Waals surface area contributed by atoms with Gasteiger partial charge in [-0.1, -0.05) is 146 Å². The van der Waals surface area contributed by atoms with E-state index in [2.05, 4.69) is 256 Å². The van der Waals surface area contributed by atoms with Gasteiger partial charge in [0.2, 0.25) is 0 Å². The van der Waals surface area contributed by atoms with Gasteiger partial charge in [-0.3, -0.25) is 0 Å². The number of benzene rings is 10. The number of rotatable bonds is 6. The van der Waals surface area contributed by atoms with Gasteiger partial charge >= 0.3 is 0 Å². The van der Waals surface area contributed by atoms with Gasteiger partial charge in [0.25, 0.3) is 0 Å². The zero-order valence-corrected chi connectivity index (χ0v) is 41.2. The third-order valence-corrected chi connectivity index (χ3v) is 19.1. The average Bonchev–Trinajstić information content (AvgIpc) is 4.31. The van der Waals surface area contributed by atoms with Gasteiger partial charge in [-0.05, 0) is 114 Å². The van der Waals surface area contributed by atoms with Crippen LogP contribution >= 0.6 is 34.4 Å². The lowest BCUT2D eigenvalue weighted by Crippen LogP contribution is -1.96. The van der Waals surface area contributed by atoms with E-state index in [1.54, 1.807) is 0 Å². The van der Waals surface area contributed by atoms with Crippen LogP contribution in [0.1, 0.15) is 16.4 Å². The number of thiophene rings is 2. The second kappa shape index (κ2) is 15.7. The second-order valence-corrected chi connectivity index (χ2v) is 22.4. The molecule has 0 bridgehead atoms. The molecule has 338 valence electrons. The summed E-state index contributed by atoms with van der Waals surface area (Å²) in [5.74, 6) is 0. The Kier molecular flexibility index (Phi) is 8.84. The molecule has 6 heterocycles. The van der Waals surface area contributed by atoms with Gasteiger partial charge < -0.3 is 13.7 Å². The maximum atomic E-state index is 2.49. The van der Waals surface area contributed by atoms with Crippen molar-refractivity contribution in [3.8, 4) is 37.9 Å². The lowest BCUT2D eigenvalue weighted by Gasteiger charge is -2.12. The summed E-state index contributed by atoms with van der Waals surface area (Å²) in [5.41, 5.74) is 16.3. The standard InChI is InChI=1S/C66H41N3S3/c1-7-19-55-46(13-1)47-14-2-8-20-56(47)67(55)43-31-25-40(26-32-43)61-37-52-64(70-61)53-38-62(41-27-33-44(34-28-41)68-57-21-9-3-15-48(57)49-16-4-10-22-58(49)68)72-66(53)54-39-63(71-65(52)54)42-29-35-45(36-30-42)69-59-23-11-5-17-50(59)51-18-6-12-24-60(51)69/h1-38,63H,39H2. The average molecular weight is 972 g/mol. The summed E-state index contributed by atoms with van der Waals surface area (Å²) in [6.07, 6.45) is 0.993. The topological polar surface area (TPSA) is 14.8 Å². The van der Waals surface area contributed by atoms with Crippen LogP contribution in [0.2, 0.25) is 0 Å². The van der Waals surface area contributed by atoms with E-state index in [-0.39, 0.29) is 0 Å². The first kappa shape index (κ1) is 40.6. The largest absolute Gasteiger partial charge is 0.309 e. The van der Waals surface area contributed by atoms with Crippen molar-refractivity contribution in [1.82, 2.24) is 13.7 Å². The van der Waals surface area contributed by atoms with Gasteiger partial charge in [0.15, 0.2) is 0 Å². The maximum absolute atomic E-state index is 2.49. The van der Waals surface area contributed by atoms with Crippen LogP contribution in [0.4, 0.5) is 0 Å². The monoisotopic (exact) mass is 971 g/mol. The molecule has 0 spiro atoms. The highest BCUT2D eigenvalue weighted by molar-refractivity contribution is 8.00. The molecular formula is C66H41N3S3. The van der Waals surface area contributed by atoms with Gasteiger partial charge in [0, 0.05) is 89.5 Å². The summed E-state index contributed by atoms with van der Waals surface area (Å²) >= 11 is 5.97. The maximum Gasteiger partial charge on any atom is 0.0541 e. The molecule has 10 aromatic carbocycles. The first-order chi connectivity index (χ1) is 35.7. The summed E-state index contributed by atoms with van der Waals surface area (Å²) in [6.45, 7) is 0. The fourth-order valence-corrected chi connectivity index (χ4v) is 16.0. The van der Waals surface area contributed by atoms with Crippen LogP contribution in [-0.4, -0.2) is 13.7 Å². The number of fused-ring (bicyclic) bond motifs is 15. The Hall–Kier alpha value is -8.13. The van der Waals surface area contributed by atoms with Crippen molar-refractivity contribution in [3.05, 3.63) is 242 Å². The number of aromatic nitrogens is 3. The summed E-state index contributed by atoms with van der Waals surface area (Å²) in [4.78, 5) is 4.05. The molecule has 1 aliphatic rings. The van der Waals surface area contributed by atoms with Crippen LogP contribution in [0, 0.1) is 0 Å². The minimum Gasteiger partial charge on any atom is -0.309 e. The van der Waals surface area contributed by atoms with Crippen molar-refractivity contribution in [1.29, 1.82) is 0 Å². The number of hydrogen-bond acceptors (Lipinski definition) is 3. The zero-order valence-electron chi connectivity index (χ0n) is 38.8. The highest BCUT2D eigenvalue weighted by Crippen LogP contribution is 2.57. The molecule has 0 aliphatic carbocycles. The van der Waals surface area contributed by atoms with E-state index in [0.29, 0.717) is 5.25 Å². The SMILES string of the molecule is c1ccc2c(c1)c1ccccc1n2-c1ccc(-c2cc3c(s2)c2c(c4cc(-c5ccc(-n6c7ccccc7c7ccccc76)cc5)sc43)SC(c3ccc(-n4c5ccccc5c5ccccc54)cc3)C2)cc1. The normalized spacial score (nSPS) is 13.9. The molecule has 16 rings (SSSR count). The van der Waals surface area contributed by atoms with Gasteiger partial charge in [-0.15, -0.1) is 34.4 Å². The Bertz CT molecular complexity index is 4300. The number of nitrogens with zero attached hydrogens (tertiary/aromatic N) is 3. The fraction of sp³-hybridized carbons (Fsp3) is 0.0303. The summed E-state index contributed by atoms with van der Waals surface area (Å²) in [5, 5.41) is 10.8. The van der Waals surface area contributed by atoms with Crippen LogP contribution in [0.15, 0.2) is 235 Å². The van der Waals surface area contributed by atoms with Crippen LogP contribution in [0.5, 0.6) is 0 Å². The van der Waals surface area contributed by atoms with Crippen molar-refractivity contribution in [2.45, 2.75) is 16.6 Å². The molecule has 0 fully saturated rings. The minimum absolute atomic E-state index is 0.311. The smallest absolute Gasteiger partial charge is 0.0541 e. The van der Waals surface area contributed by atoms with Crippen molar-refractivity contribution < 1.29 is 0 Å². The molecule has 1 aliphatic heterocycles. The number of thioether (sulfide) groups is 1. The number of para-hydroxylation sites is 6. The first-order valence-corrected chi connectivity index (χ1v) is 27.2. The Morgan fingerprint density at radius 1 is 0.319 bits per heavy atom. The molecule has 0 saturated heterocycles. The van der Waals surface area contributed by atoms with Crippen LogP contribution in [0.3, 0.4) is 0 Å². The van der Waals surface area contributed by atoms with Crippen LogP contribution in [0.25, 0.3) is 124 Å². The van der Waals surface area contributed by atoms with Gasteiger partial charge in [0.05, 0.1) is 33.1 Å². The lowest BCUT2D eigenvalue weighted by molar-refractivity contribution is 0.959. The Labute approximate surface area is 427 Å². The van der Waals surface area contributed by atoms with Gasteiger partial charge in [-0.2, -0.15) is 0 Å². The molecule has 0 saturated carbocycles. The predicted molar refractivity (Wildman–Crippen MR) is 310 cm³/mol. The van der Waals surface area contributed by atoms with E-state index in [1.165, 1.54) is 140 Å². The lowest BCUT2D eigenvalue weighted by atomic mass is 10.0. The molecule has 72 heavy (non-hydrogen) atoms. The van der Waals surface area contributed by atoms with Crippen molar-refractivity contribution >= 4 is 120 Å². The minimum atomic E-state index is 0.311. The number of hydrogen-bond donors (Lipinski definition) is 0. The summed E-state index contributed by atoms with van der Waals surface area (Å²) < 4.78 is 10.0. The van der Waals surface area contributed by atoms with Crippen molar-refractivity contribution in [3.63, 3.8) is 0 Å². The van der Waals surface area contributed by atoms with Gasteiger partial charge in [-0.25, -0.2) is 0 Å². The summed E-state index contributed by atoms with van der Waals surface area (Å²) in [6, 6.07) is 85.5. The molecule has 0 amide bonds. The second-order valence-electron chi connectivity index (χ2n) is 19.1. The Balaban J connectivity index is 0.807. The van der Waals surface area contributed by atoms with E-state index in [4.69, 9.17) is 0 Å². The molecule has 0 N–H and O–H groups in total. The molecule has 6 heteroatoms. The molecule has 1 unspecified atom stereocenters. The predicted octanol–water partition coefficient (Wildman–Crippen LogP) is 19.1. The Morgan fingerprint density at radius 3 is 1.04 bits per heavy atom. The van der Waals surface area contributed by atoms with E-state index in [9.17, 15) is 0 Å².